The van der Waals surface area contributed by atoms with Gasteiger partial charge < -0.3 is 10.1 Å². The van der Waals surface area contributed by atoms with E-state index in [0.29, 0.717) is 0 Å². The van der Waals surface area contributed by atoms with Gasteiger partial charge in [-0.1, -0.05) is 20.8 Å². The van der Waals surface area contributed by atoms with Crippen molar-refractivity contribution in [3.05, 3.63) is 0 Å². The van der Waals surface area contributed by atoms with E-state index in [2.05, 4.69) is 17.0 Å². The Labute approximate surface area is 66.0 Å². The zero-order valence-corrected chi connectivity index (χ0v) is 8.32. The van der Waals surface area contributed by atoms with Crippen LogP contribution in [0.4, 0.5) is 0 Å². The summed E-state index contributed by atoms with van der Waals surface area (Å²) < 4.78 is 4.54. The van der Waals surface area contributed by atoms with Crippen LogP contribution >= 0.6 is 0 Å². The molecule has 10 heavy (non-hydrogen) atoms. The van der Waals surface area contributed by atoms with Crippen molar-refractivity contribution in [2.45, 2.75) is 27.7 Å². The van der Waals surface area contributed by atoms with Crippen molar-refractivity contribution in [2.24, 2.45) is 0 Å². The fraction of sp³-hybridized carbons (Fsp3) is 1.00. The lowest BCUT2D eigenvalue weighted by Gasteiger charge is -1.76. The van der Waals surface area contributed by atoms with Gasteiger partial charge in [-0.05, 0) is 20.5 Å². The van der Waals surface area contributed by atoms with Gasteiger partial charge >= 0.3 is 0 Å². The lowest BCUT2D eigenvalue weighted by molar-refractivity contribution is 0.215. The Kier molecular flexibility index (Phi) is 60.0. The monoisotopic (exact) mass is 149 g/mol. The summed E-state index contributed by atoms with van der Waals surface area (Å²) in [4.78, 5) is 0. The number of rotatable bonds is 2. The second-order valence-electron chi connectivity index (χ2n) is 1.28. The highest BCUT2D eigenvalue weighted by molar-refractivity contribution is 4.15. The summed E-state index contributed by atoms with van der Waals surface area (Å²) in [6.45, 7) is 9.92. The largest absolute Gasteiger partial charge is 0.385 e. The Morgan fingerprint density at radius 1 is 1.20 bits per heavy atom. The molecule has 0 aromatic rings. The molecule has 2 nitrogen and oxygen atoms in total. The molecule has 0 fully saturated rings. The van der Waals surface area contributed by atoms with Crippen LogP contribution in [0, 0.1) is 0 Å². The molecule has 0 atom stereocenters. The van der Waals surface area contributed by atoms with Gasteiger partial charge in [0, 0.05) is 13.7 Å². The summed E-state index contributed by atoms with van der Waals surface area (Å²) in [6.07, 6.45) is 0. The van der Waals surface area contributed by atoms with Crippen molar-refractivity contribution < 1.29 is 4.74 Å². The molecule has 0 saturated heterocycles. The maximum absolute atomic E-state index is 4.54. The van der Waals surface area contributed by atoms with E-state index in [4.69, 9.17) is 0 Å². The quantitative estimate of drug-likeness (QED) is 0.647. The smallest absolute Gasteiger partial charge is 0.0433 e. The first-order chi connectivity index (χ1) is 4.83. The van der Waals surface area contributed by atoms with E-state index >= 15 is 0 Å². The zero-order chi connectivity index (χ0) is 8.83. The van der Waals surface area contributed by atoms with Gasteiger partial charge in [0.15, 0.2) is 0 Å². The molecule has 0 aliphatic carbocycles. The number of ether oxygens (including phenoxy) is 1. The first-order valence-electron chi connectivity index (χ1n) is 3.96. The van der Waals surface area contributed by atoms with E-state index < -0.39 is 0 Å². The second-order valence-corrected chi connectivity index (χ2v) is 1.28. The Morgan fingerprint density at radius 3 is 1.40 bits per heavy atom. The summed E-state index contributed by atoms with van der Waals surface area (Å²) >= 11 is 0. The van der Waals surface area contributed by atoms with Crippen LogP contribution in [0.3, 0.4) is 0 Å². The van der Waals surface area contributed by atoms with Crippen LogP contribution in [0.5, 0.6) is 0 Å². The highest BCUT2D eigenvalue weighted by atomic mass is 16.5. The number of nitrogens with one attached hydrogen (secondary N) is 1. The molecule has 0 saturated carbocycles. The van der Waals surface area contributed by atoms with Crippen molar-refractivity contribution in [3.63, 3.8) is 0 Å². The Bertz CT molecular complexity index is 17.2. The predicted molar refractivity (Wildman–Crippen MR) is 48.5 cm³/mol. The summed E-state index contributed by atoms with van der Waals surface area (Å²) in [5, 5.41) is 2.93. The third-order valence-corrected chi connectivity index (χ3v) is 0.642. The molecule has 0 aromatic carbocycles. The van der Waals surface area contributed by atoms with Crippen molar-refractivity contribution in [2.75, 3.05) is 27.3 Å². The highest BCUT2D eigenvalue weighted by Crippen LogP contribution is 1.52. The molecule has 0 aliphatic heterocycles. The zero-order valence-electron chi connectivity index (χ0n) is 8.32. The van der Waals surface area contributed by atoms with Crippen LogP contribution in [-0.4, -0.2) is 27.3 Å². The van der Waals surface area contributed by atoms with Crippen molar-refractivity contribution in [3.8, 4) is 0 Å². The van der Waals surface area contributed by atoms with Gasteiger partial charge in [-0.15, -0.1) is 0 Å². The van der Waals surface area contributed by atoms with Crippen LogP contribution in [-0.2, 0) is 4.74 Å². The third-order valence-electron chi connectivity index (χ3n) is 0.642. The fourth-order valence-corrected chi connectivity index (χ4v) is 0. The van der Waals surface area contributed by atoms with Gasteiger partial charge in [0.1, 0.15) is 0 Å². The van der Waals surface area contributed by atoms with Crippen LogP contribution in [0.25, 0.3) is 0 Å². The lowest BCUT2D eigenvalue weighted by Crippen LogP contribution is -2.01. The molecule has 0 rings (SSSR count). The number of hydrogen-bond donors (Lipinski definition) is 1. The van der Waals surface area contributed by atoms with Crippen LogP contribution in [0.1, 0.15) is 27.7 Å². The minimum atomic E-state index is 0.819. The standard InChI is InChI=1S/C3H9N.C3H8O.C2H6/c2*1-3-4-2;1-2/h4H,3H2,1-2H3;3H2,1-2H3;1-2H3. The molecule has 66 valence electrons. The molecule has 2 heteroatoms. The molecule has 0 heterocycles. The first-order valence-corrected chi connectivity index (χ1v) is 3.96. The van der Waals surface area contributed by atoms with E-state index in [0.717, 1.165) is 13.2 Å². The molecule has 0 spiro atoms. The number of methoxy groups -OCH3 is 1. The maximum atomic E-state index is 4.54. The van der Waals surface area contributed by atoms with E-state index in [-0.39, 0.29) is 0 Å². The fourth-order valence-electron chi connectivity index (χ4n) is 0. The van der Waals surface area contributed by atoms with Crippen LogP contribution in [0.15, 0.2) is 0 Å². The normalized spacial score (nSPS) is 6.60. The maximum Gasteiger partial charge on any atom is 0.0433 e. The van der Waals surface area contributed by atoms with E-state index in [1.807, 2.05) is 27.8 Å². The predicted octanol–water partition coefficient (Wildman–Crippen LogP) is 1.90. The average Bonchev–Trinajstić information content (AvgIpc) is 2.08. The second kappa shape index (κ2) is 36.4. The molecule has 0 radical (unpaired) electrons. The van der Waals surface area contributed by atoms with Crippen molar-refractivity contribution in [1.29, 1.82) is 0 Å². The van der Waals surface area contributed by atoms with E-state index in [1.54, 1.807) is 7.11 Å². The molecular formula is C8H23NO. The highest BCUT2D eigenvalue weighted by Gasteiger charge is 1.51. The third kappa shape index (κ3) is 103. The van der Waals surface area contributed by atoms with Gasteiger partial charge in [0.2, 0.25) is 0 Å². The minimum Gasteiger partial charge on any atom is -0.385 e. The Morgan fingerprint density at radius 2 is 1.40 bits per heavy atom. The van der Waals surface area contributed by atoms with Gasteiger partial charge in [-0.3, -0.25) is 0 Å². The first kappa shape index (κ1) is 16.5. The minimum absolute atomic E-state index is 0.819. The molecule has 1 N–H and O–H groups in total. The molecule has 0 unspecified atom stereocenters. The molecule has 0 aromatic heterocycles. The topological polar surface area (TPSA) is 21.3 Å². The molecule has 0 bridgehead atoms. The Hall–Kier alpha value is -0.0800. The van der Waals surface area contributed by atoms with Gasteiger partial charge in [-0.2, -0.15) is 0 Å². The van der Waals surface area contributed by atoms with E-state index in [9.17, 15) is 0 Å². The average molecular weight is 149 g/mol. The summed E-state index contributed by atoms with van der Waals surface area (Å²) in [7, 11) is 3.61. The molecule has 0 amide bonds. The lowest BCUT2D eigenvalue weighted by atomic mass is 10.8. The SMILES string of the molecule is CC.CCNC.CCOC. The van der Waals surface area contributed by atoms with Crippen LogP contribution in [0.2, 0.25) is 0 Å². The Balaban J connectivity index is -0.0000000787. The molecule has 0 aliphatic rings. The number of hydrogen-bond acceptors (Lipinski definition) is 2. The van der Waals surface area contributed by atoms with E-state index in [1.165, 1.54) is 0 Å². The van der Waals surface area contributed by atoms with Crippen LogP contribution < -0.4 is 5.32 Å². The summed E-state index contributed by atoms with van der Waals surface area (Å²) in [6, 6.07) is 0. The van der Waals surface area contributed by atoms with Crippen molar-refractivity contribution in [1.82, 2.24) is 5.32 Å². The summed E-state index contributed by atoms with van der Waals surface area (Å²) in [5.74, 6) is 0. The van der Waals surface area contributed by atoms with Gasteiger partial charge in [0.25, 0.3) is 0 Å². The molecular weight excluding hydrogens is 126 g/mol. The van der Waals surface area contributed by atoms with Crippen molar-refractivity contribution >= 4 is 0 Å². The van der Waals surface area contributed by atoms with Gasteiger partial charge in [0.05, 0.1) is 0 Å². The van der Waals surface area contributed by atoms with Gasteiger partial charge in [-0.25, -0.2) is 0 Å². The summed E-state index contributed by atoms with van der Waals surface area (Å²) in [5.41, 5.74) is 0.